The predicted octanol–water partition coefficient (Wildman–Crippen LogP) is 4.52. The number of carbonyl (C=O) groups excluding carboxylic acids is 1. The lowest BCUT2D eigenvalue weighted by atomic mass is 10.1. The van der Waals surface area contributed by atoms with Crippen molar-refractivity contribution in [3.63, 3.8) is 0 Å². The van der Waals surface area contributed by atoms with Crippen LogP contribution in [0.3, 0.4) is 0 Å². The summed E-state index contributed by atoms with van der Waals surface area (Å²) in [6, 6.07) is 4.19. The molecular weight excluding hydrogens is 377 g/mol. The molecule has 1 aromatic rings. The molecule has 0 spiro atoms. The summed E-state index contributed by atoms with van der Waals surface area (Å²) in [4.78, 5) is 11.9. The Morgan fingerprint density at radius 3 is 2.09 bits per heavy atom. The third kappa shape index (κ3) is 7.28. The summed E-state index contributed by atoms with van der Waals surface area (Å²) in [7, 11) is 0. The molecule has 3 nitrogen and oxygen atoms in total. The lowest BCUT2D eigenvalue weighted by Gasteiger charge is -2.20. The van der Waals surface area contributed by atoms with E-state index in [1.54, 1.807) is 0 Å². The van der Waals surface area contributed by atoms with E-state index in [9.17, 15) is 31.1 Å². The second-order valence-corrected chi connectivity index (χ2v) is 5.44. The predicted molar refractivity (Wildman–Crippen MR) is 68.8 cm³/mol. The second kappa shape index (κ2) is 7.14. The van der Waals surface area contributed by atoms with Gasteiger partial charge in [-0.2, -0.15) is 26.3 Å². The third-order valence-corrected chi connectivity index (χ3v) is 2.74. The summed E-state index contributed by atoms with van der Waals surface area (Å²) in [5.41, 5.74) is -0.378. The fourth-order valence-electron chi connectivity index (χ4n) is 1.30. The Hall–Kier alpha value is -1.19. The molecule has 11 heteroatoms. The number of rotatable bonds is 6. The highest BCUT2D eigenvalue weighted by atomic mass is 35.5. The standard InChI is InChI=1S/C12H8Cl2F6O3/c13-12(14,23-6-11(18,19)20)9(21)7-2-1-3-8(4-7)22-5-10(15,16)17/h1-4H,5-6H2. The molecule has 0 N–H and O–H groups in total. The topological polar surface area (TPSA) is 35.5 Å². The van der Waals surface area contributed by atoms with Crippen LogP contribution in [0.1, 0.15) is 10.4 Å². The van der Waals surface area contributed by atoms with Crippen LogP contribution in [0.15, 0.2) is 24.3 Å². The fraction of sp³-hybridized carbons (Fsp3) is 0.417. The van der Waals surface area contributed by atoms with E-state index in [0.717, 1.165) is 24.3 Å². The molecule has 23 heavy (non-hydrogen) atoms. The van der Waals surface area contributed by atoms with Gasteiger partial charge in [-0.15, -0.1) is 0 Å². The lowest BCUT2D eigenvalue weighted by Crippen LogP contribution is -2.34. The summed E-state index contributed by atoms with van der Waals surface area (Å²) in [5, 5.41) is 0. The maximum absolute atomic E-state index is 12.0. The first-order valence-corrected chi connectivity index (χ1v) is 6.49. The van der Waals surface area contributed by atoms with Gasteiger partial charge in [0.1, 0.15) is 12.4 Å². The minimum atomic E-state index is -4.77. The SMILES string of the molecule is O=C(c1cccc(OCC(F)(F)F)c1)C(Cl)(Cl)OCC(F)(F)F. The molecular formula is C12H8Cl2F6O3. The van der Waals surface area contributed by atoms with Crippen molar-refractivity contribution in [2.75, 3.05) is 13.2 Å². The van der Waals surface area contributed by atoms with E-state index in [4.69, 9.17) is 23.2 Å². The van der Waals surface area contributed by atoms with Crippen molar-refractivity contribution < 1.29 is 40.6 Å². The van der Waals surface area contributed by atoms with E-state index in [1.807, 2.05) is 0 Å². The van der Waals surface area contributed by atoms with Gasteiger partial charge in [0.15, 0.2) is 6.61 Å². The Morgan fingerprint density at radius 1 is 1.00 bits per heavy atom. The average Bonchev–Trinajstić information content (AvgIpc) is 2.41. The zero-order valence-corrected chi connectivity index (χ0v) is 12.5. The molecule has 0 atom stereocenters. The maximum atomic E-state index is 12.0. The molecule has 0 unspecified atom stereocenters. The molecule has 0 aromatic heterocycles. The molecule has 0 heterocycles. The molecule has 0 saturated heterocycles. The van der Waals surface area contributed by atoms with Crippen LogP contribution >= 0.6 is 23.2 Å². The molecule has 0 bridgehead atoms. The Morgan fingerprint density at radius 2 is 1.57 bits per heavy atom. The number of hydrogen-bond acceptors (Lipinski definition) is 3. The molecule has 0 aliphatic heterocycles. The van der Waals surface area contributed by atoms with Crippen LogP contribution in [-0.4, -0.2) is 35.9 Å². The van der Waals surface area contributed by atoms with Crippen molar-refractivity contribution in [3.05, 3.63) is 29.8 Å². The van der Waals surface area contributed by atoms with Gasteiger partial charge in [0, 0.05) is 5.56 Å². The van der Waals surface area contributed by atoms with Crippen molar-refractivity contribution in [2.24, 2.45) is 0 Å². The first kappa shape index (κ1) is 19.9. The van der Waals surface area contributed by atoms with Gasteiger partial charge in [0.25, 0.3) is 4.52 Å². The van der Waals surface area contributed by atoms with Gasteiger partial charge in [0.05, 0.1) is 0 Å². The normalized spacial score (nSPS) is 13.0. The van der Waals surface area contributed by atoms with E-state index < -0.39 is 35.9 Å². The van der Waals surface area contributed by atoms with Crippen molar-refractivity contribution in [3.8, 4) is 5.75 Å². The largest absolute Gasteiger partial charge is 0.484 e. The van der Waals surface area contributed by atoms with Crippen LogP contribution in [0.5, 0.6) is 5.75 Å². The number of Topliss-reactive ketones (excluding diaryl/α,β-unsaturated/α-hetero) is 1. The van der Waals surface area contributed by atoms with Crippen LogP contribution in [0, 0.1) is 0 Å². The second-order valence-electron chi connectivity index (χ2n) is 4.18. The van der Waals surface area contributed by atoms with Gasteiger partial charge in [0.2, 0.25) is 5.78 Å². The Kier molecular flexibility index (Phi) is 6.17. The minimum absolute atomic E-state index is 0.340. The molecule has 1 rings (SSSR count). The highest BCUT2D eigenvalue weighted by Gasteiger charge is 2.40. The summed E-state index contributed by atoms with van der Waals surface area (Å²) < 4.78 is 77.9. The average molecular weight is 385 g/mol. The van der Waals surface area contributed by atoms with Gasteiger partial charge in [-0.1, -0.05) is 35.3 Å². The third-order valence-electron chi connectivity index (χ3n) is 2.18. The molecule has 1 aromatic carbocycles. The monoisotopic (exact) mass is 384 g/mol. The van der Waals surface area contributed by atoms with Gasteiger partial charge in [-0.05, 0) is 12.1 Å². The number of halogens is 8. The van der Waals surface area contributed by atoms with Gasteiger partial charge >= 0.3 is 12.4 Å². The van der Waals surface area contributed by atoms with Crippen LogP contribution < -0.4 is 4.74 Å². The first-order valence-electron chi connectivity index (χ1n) is 5.73. The van der Waals surface area contributed by atoms with E-state index in [0.29, 0.717) is 0 Å². The Bertz CT molecular complexity index is 556. The first-order chi connectivity index (χ1) is 10.3. The van der Waals surface area contributed by atoms with Crippen molar-refractivity contribution in [2.45, 2.75) is 16.9 Å². The quantitative estimate of drug-likeness (QED) is 0.411. The summed E-state index contributed by atoms with van der Waals surface area (Å²) >= 11 is 10.8. The van der Waals surface area contributed by atoms with Crippen molar-refractivity contribution in [1.82, 2.24) is 0 Å². The molecule has 0 radical (unpaired) electrons. The van der Waals surface area contributed by atoms with Gasteiger partial charge in [-0.25, -0.2) is 0 Å². The van der Waals surface area contributed by atoms with E-state index >= 15 is 0 Å². The van der Waals surface area contributed by atoms with E-state index in [2.05, 4.69) is 9.47 Å². The number of ether oxygens (including phenoxy) is 2. The van der Waals surface area contributed by atoms with Gasteiger partial charge < -0.3 is 9.47 Å². The zero-order chi connectivity index (χ0) is 17.9. The maximum Gasteiger partial charge on any atom is 0.422 e. The molecule has 0 aliphatic carbocycles. The highest BCUT2D eigenvalue weighted by Crippen LogP contribution is 2.31. The number of hydrogen-bond donors (Lipinski definition) is 0. The van der Waals surface area contributed by atoms with E-state index in [1.165, 1.54) is 0 Å². The number of ketones is 1. The minimum Gasteiger partial charge on any atom is -0.484 e. The van der Waals surface area contributed by atoms with Gasteiger partial charge in [-0.3, -0.25) is 4.79 Å². The van der Waals surface area contributed by atoms with E-state index in [-0.39, 0.29) is 11.3 Å². The Labute approximate surface area is 136 Å². The summed E-state index contributed by atoms with van der Waals surface area (Å²) in [6.07, 6.45) is -9.37. The Balaban J connectivity index is 2.83. The van der Waals surface area contributed by atoms with Crippen LogP contribution in [0.25, 0.3) is 0 Å². The number of alkyl halides is 8. The highest BCUT2D eigenvalue weighted by molar-refractivity contribution is 6.58. The van der Waals surface area contributed by atoms with Crippen molar-refractivity contribution in [1.29, 1.82) is 0 Å². The zero-order valence-electron chi connectivity index (χ0n) is 11.0. The van der Waals surface area contributed by atoms with Crippen LogP contribution in [-0.2, 0) is 4.74 Å². The number of benzene rings is 1. The van der Waals surface area contributed by atoms with Crippen LogP contribution in [0.4, 0.5) is 26.3 Å². The van der Waals surface area contributed by atoms with Crippen LogP contribution in [0.2, 0.25) is 0 Å². The smallest absolute Gasteiger partial charge is 0.422 e. The molecule has 0 fully saturated rings. The fourth-order valence-corrected chi connectivity index (χ4v) is 1.63. The number of carbonyl (C=O) groups is 1. The molecule has 130 valence electrons. The molecule has 0 saturated carbocycles. The lowest BCUT2D eigenvalue weighted by molar-refractivity contribution is -0.178. The molecule has 0 amide bonds. The summed E-state index contributed by atoms with van der Waals surface area (Å²) in [5.74, 6) is -1.62. The van der Waals surface area contributed by atoms with Crippen molar-refractivity contribution >= 4 is 29.0 Å². The summed E-state index contributed by atoms with van der Waals surface area (Å²) in [6.45, 7) is -3.49. The molecule has 0 aliphatic rings.